The fourth-order valence-corrected chi connectivity index (χ4v) is 3.97. The smallest absolute Gasteiger partial charge is 0.254 e. The Morgan fingerprint density at radius 1 is 1.07 bits per heavy atom. The van der Waals surface area contributed by atoms with E-state index in [2.05, 4.69) is 75.3 Å². The highest BCUT2D eigenvalue weighted by Crippen LogP contribution is 2.31. The standard InChI is InChI=1S/C25H28N2O/c1-17-6-5-7-21-22(16-26-23(17)21)18-12-14-27(15-13-18)24(28)19-8-10-20(11-9-19)25(2,3)4/h5-12,16,26H,13-15H2,1-4H3. The molecule has 144 valence electrons. The quantitative estimate of drug-likeness (QED) is 0.615. The number of H-pyrrole nitrogens is 1. The van der Waals surface area contributed by atoms with E-state index in [1.54, 1.807) is 0 Å². The van der Waals surface area contributed by atoms with E-state index in [1.165, 1.54) is 33.2 Å². The van der Waals surface area contributed by atoms with Crippen LogP contribution >= 0.6 is 0 Å². The molecule has 0 spiro atoms. The van der Waals surface area contributed by atoms with E-state index in [1.807, 2.05) is 17.0 Å². The van der Waals surface area contributed by atoms with Crippen LogP contribution in [0.4, 0.5) is 0 Å². The first-order valence-corrected chi connectivity index (χ1v) is 10.0. The van der Waals surface area contributed by atoms with Gasteiger partial charge >= 0.3 is 0 Å². The molecule has 0 radical (unpaired) electrons. The van der Waals surface area contributed by atoms with Gasteiger partial charge in [0, 0.05) is 41.3 Å². The number of aryl methyl sites for hydroxylation is 1. The van der Waals surface area contributed by atoms with Crippen LogP contribution in [-0.4, -0.2) is 28.9 Å². The summed E-state index contributed by atoms with van der Waals surface area (Å²) in [6.07, 6.45) is 5.19. The number of para-hydroxylation sites is 1. The summed E-state index contributed by atoms with van der Waals surface area (Å²) in [4.78, 5) is 18.3. The number of aromatic amines is 1. The summed E-state index contributed by atoms with van der Waals surface area (Å²) in [6, 6.07) is 14.5. The molecule has 3 nitrogen and oxygen atoms in total. The predicted molar refractivity (Wildman–Crippen MR) is 117 cm³/mol. The molecular weight excluding hydrogens is 344 g/mol. The van der Waals surface area contributed by atoms with Crippen molar-refractivity contribution in [2.45, 2.75) is 39.5 Å². The Bertz CT molecular complexity index is 1050. The van der Waals surface area contributed by atoms with Gasteiger partial charge in [0.25, 0.3) is 5.91 Å². The Hall–Kier alpha value is -2.81. The van der Waals surface area contributed by atoms with Crippen molar-refractivity contribution < 1.29 is 4.79 Å². The molecule has 1 aliphatic rings. The number of amides is 1. The van der Waals surface area contributed by atoms with Crippen molar-refractivity contribution in [2.75, 3.05) is 13.1 Å². The summed E-state index contributed by atoms with van der Waals surface area (Å²) in [7, 11) is 0. The summed E-state index contributed by atoms with van der Waals surface area (Å²) in [5.41, 5.74) is 7.17. The van der Waals surface area contributed by atoms with E-state index >= 15 is 0 Å². The van der Waals surface area contributed by atoms with Gasteiger partial charge in [-0.25, -0.2) is 0 Å². The summed E-state index contributed by atoms with van der Waals surface area (Å²) < 4.78 is 0. The molecule has 0 aliphatic carbocycles. The largest absolute Gasteiger partial charge is 0.360 e. The molecule has 0 fully saturated rings. The fourth-order valence-electron chi connectivity index (χ4n) is 3.97. The van der Waals surface area contributed by atoms with Gasteiger partial charge in [-0.05, 0) is 47.6 Å². The lowest BCUT2D eigenvalue weighted by Gasteiger charge is -2.27. The zero-order valence-electron chi connectivity index (χ0n) is 17.2. The molecule has 4 rings (SSSR count). The number of carbonyl (C=O) groups excluding carboxylic acids is 1. The van der Waals surface area contributed by atoms with E-state index in [4.69, 9.17) is 0 Å². The van der Waals surface area contributed by atoms with Crippen LogP contribution in [0.5, 0.6) is 0 Å². The number of hydrogen-bond acceptors (Lipinski definition) is 1. The molecular formula is C25H28N2O. The maximum atomic E-state index is 12.9. The van der Waals surface area contributed by atoms with Crippen LogP contribution in [0.2, 0.25) is 0 Å². The molecule has 1 N–H and O–H groups in total. The van der Waals surface area contributed by atoms with Gasteiger partial charge in [-0.2, -0.15) is 0 Å². The summed E-state index contributed by atoms with van der Waals surface area (Å²) in [6.45, 7) is 10.1. The second-order valence-electron chi connectivity index (χ2n) is 8.76. The number of hydrogen-bond donors (Lipinski definition) is 1. The van der Waals surface area contributed by atoms with E-state index < -0.39 is 0 Å². The molecule has 3 aromatic rings. The third-order valence-electron chi connectivity index (χ3n) is 5.76. The van der Waals surface area contributed by atoms with Gasteiger partial charge in [-0.1, -0.05) is 57.2 Å². The maximum Gasteiger partial charge on any atom is 0.254 e. The second kappa shape index (κ2) is 6.97. The monoisotopic (exact) mass is 372 g/mol. The lowest BCUT2D eigenvalue weighted by atomic mass is 9.86. The first-order valence-electron chi connectivity index (χ1n) is 10.0. The van der Waals surface area contributed by atoms with Gasteiger partial charge in [0.2, 0.25) is 0 Å². The lowest BCUT2D eigenvalue weighted by Crippen LogP contribution is -2.34. The predicted octanol–water partition coefficient (Wildman–Crippen LogP) is 5.70. The number of rotatable bonds is 2. The van der Waals surface area contributed by atoms with E-state index in [9.17, 15) is 4.79 Å². The Morgan fingerprint density at radius 3 is 2.46 bits per heavy atom. The number of carbonyl (C=O) groups is 1. The summed E-state index contributed by atoms with van der Waals surface area (Å²) >= 11 is 0. The highest BCUT2D eigenvalue weighted by molar-refractivity contribution is 5.96. The Labute approximate surface area is 167 Å². The zero-order valence-corrected chi connectivity index (χ0v) is 17.2. The summed E-state index contributed by atoms with van der Waals surface area (Å²) in [5.74, 6) is 0.116. The van der Waals surface area contributed by atoms with Crippen LogP contribution in [0.3, 0.4) is 0 Å². The zero-order chi connectivity index (χ0) is 19.9. The minimum atomic E-state index is 0.0992. The number of benzene rings is 2. The molecule has 2 aromatic carbocycles. The van der Waals surface area contributed by atoms with Crippen LogP contribution in [0.1, 0.15) is 54.2 Å². The SMILES string of the molecule is Cc1cccc2c(C3=CCN(C(=O)c4ccc(C(C)(C)C)cc4)CC3)c[nH]c12. The molecule has 0 saturated carbocycles. The molecule has 0 unspecified atom stereocenters. The van der Waals surface area contributed by atoms with E-state index in [-0.39, 0.29) is 11.3 Å². The molecule has 28 heavy (non-hydrogen) atoms. The molecule has 0 atom stereocenters. The normalized spacial score (nSPS) is 15.0. The molecule has 2 heterocycles. The van der Waals surface area contributed by atoms with Gasteiger partial charge in [0.15, 0.2) is 0 Å². The van der Waals surface area contributed by atoms with Crippen molar-refractivity contribution >= 4 is 22.4 Å². The first kappa shape index (κ1) is 18.5. The van der Waals surface area contributed by atoms with Gasteiger partial charge in [-0.3, -0.25) is 4.79 Å². The minimum Gasteiger partial charge on any atom is -0.360 e. The first-order chi connectivity index (χ1) is 13.3. The fraction of sp³-hybridized carbons (Fsp3) is 0.320. The van der Waals surface area contributed by atoms with Crippen LogP contribution in [0.25, 0.3) is 16.5 Å². The topological polar surface area (TPSA) is 36.1 Å². The van der Waals surface area contributed by atoms with Crippen molar-refractivity contribution in [2.24, 2.45) is 0 Å². The molecule has 0 saturated heterocycles. The van der Waals surface area contributed by atoms with Gasteiger partial charge < -0.3 is 9.88 Å². The minimum absolute atomic E-state index is 0.0992. The van der Waals surface area contributed by atoms with Crippen molar-refractivity contribution in [3.63, 3.8) is 0 Å². The third kappa shape index (κ3) is 3.37. The number of fused-ring (bicyclic) bond motifs is 1. The van der Waals surface area contributed by atoms with E-state index in [0.717, 1.165) is 18.5 Å². The second-order valence-corrected chi connectivity index (χ2v) is 8.76. The van der Waals surface area contributed by atoms with Crippen LogP contribution in [0.15, 0.2) is 54.7 Å². The summed E-state index contributed by atoms with van der Waals surface area (Å²) in [5, 5.41) is 1.27. The number of nitrogens with one attached hydrogen (secondary N) is 1. The van der Waals surface area contributed by atoms with Gasteiger partial charge in [-0.15, -0.1) is 0 Å². The van der Waals surface area contributed by atoms with Gasteiger partial charge in [0.1, 0.15) is 0 Å². The maximum absolute atomic E-state index is 12.9. The molecule has 1 aliphatic heterocycles. The van der Waals surface area contributed by atoms with Crippen molar-refractivity contribution in [1.82, 2.24) is 9.88 Å². The highest BCUT2D eigenvalue weighted by atomic mass is 16.2. The Morgan fingerprint density at radius 2 is 1.82 bits per heavy atom. The third-order valence-corrected chi connectivity index (χ3v) is 5.76. The molecule has 1 amide bonds. The van der Waals surface area contributed by atoms with E-state index in [0.29, 0.717) is 6.54 Å². The number of nitrogens with zero attached hydrogens (tertiary/aromatic N) is 1. The average molecular weight is 373 g/mol. The van der Waals surface area contributed by atoms with Crippen LogP contribution < -0.4 is 0 Å². The van der Waals surface area contributed by atoms with Crippen molar-refractivity contribution in [3.8, 4) is 0 Å². The Kier molecular flexibility index (Phi) is 4.62. The van der Waals surface area contributed by atoms with Crippen molar-refractivity contribution in [1.29, 1.82) is 0 Å². The van der Waals surface area contributed by atoms with Crippen LogP contribution in [0, 0.1) is 6.92 Å². The molecule has 1 aromatic heterocycles. The highest BCUT2D eigenvalue weighted by Gasteiger charge is 2.21. The lowest BCUT2D eigenvalue weighted by molar-refractivity contribution is 0.0773. The number of aromatic nitrogens is 1. The molecule has 0 bridgehead atoms. The van der Waals surface area contributed by atoms with Gasteiger partial charge in [0.05, 0.1) is 0 Å². The van der Waals surface area contributed by atoms with Crippen LogP contribution in [-0.2, 0) is 5.41 Å². The average Bonchev–Trinajstić information content (AvgIpc) is 3.12. The Balaban J connectivity index is 1.52. The molecule has 3 heteroatoms. The van der Waals surface area contributed by atoms with Crippen molar-refractivity contribution in [3.05, 3.63) is 77.0 Å².